The van der Waals surface area contributed by atoms with Gasteiger partial charge in [0, 0.05) is 24.6 Å². The minimum absolute atomic E-state index is 0.703. The van der Waals surface area contributed by atoms with Gasteiger partial charge < -0.3 is 4.74 Å². The summed E-state index contributed by atoms with van der Waals surface area (Å²) in [5, 5.41) is 0. The van der Waals surface area contributed by atoms with Crippen molar-refractivity contribution >= 4 is 0 Å². The molecule has 0 saturated carbocycles. The van der Waals surface area contributed by atoms with Gasteiger partial charge in [-0.15, -0.1) is 0 Å². The van der Waals surface area contributed by atoms with Crippen LogP contribution in [0, 0.1) is 6.61 Å². The fourth-order valence-corrected chi connectivity index (χ4v) is 0.625. The van der Waals surface area contributed by atoms with Crippen LogP contribution in [0.3, 0.4) is 0 Å². The van der Waals surface area contributed by atoms with Gasteiger partial charge in [-0.25, -0.2) is 0 Å². The zero-order valence-corrected chi connectivity index (χ0v) is 5.95. The Morgan fingerprint density at radius 3 is 3.20 bits per heavy atom. The fraction of sp³-hybridized carbons (Fsp3) is 0.250. The van der Waals surface area contributed by atoms with Gasteiger partial charge in [0.1, 0.15) is 6.61 Å². The standard InChI is InChI=1S/C8H10NO/c1-2-10-7-8-4-3-5-9-6-8/h3-7H,2H2,1H3. The molecule has 0 fully saturated rings. The van der Waals surface area contributed by atoms with Crippen LogP contribution in [0.25, 0.3) is 0 Å². The maximum absolute atomic E-state index is 5.05. The number of rotatable bonds is 3. The van der Waals surface area contributed by atoms with Crippen LogP contribution in [-0.4, -0.2) is 11.6 Å². The summed E-state index contributed by atoms with van der Waals surface area (Å²) in [5.41, 5.74) is 1.00. The number of pyridine rings is 1. The van der Waals surface area contributed by atoms with Crippen LogP contribution in [-0.2, 0) is 4.74 Å². The highest BCUT2D eigenvalue weighted by molar-refractivity contribution is 5.14. The highest BCUT2D eigenvalue weighted by Crippen LogP contribution is 1.99. The van der Waals surface area contributed by atoms with Crippen LogP contribution < -0.4 is 0 Å². The second-order valence-corrected chi connectivity index (χ2v) is 1.86. The molecular formula is C8H10NO. The lowest BCUT2D eigenvalue weighted by molar-refractivity contribution is 0.229. The van der Waals surface area contributed by atoms with Crippen molar-refractivity contribution in [2.75, 3.05) is 6.61 Å². The fourth-order valence-electron chi connectivity index (χ4n) is 0.625. The number of ether oxygens (including phenoxy) is 1. The minimum atomic E-state index is 0.703. The molecule has 0 saturated heterocycles. The molecule has 0 aliphatic carbocycles. The van der Waals surface area contributed by atoms with Crippen LogP contribution in [0.15, 0.2) is 24.5 Å². The van der Waals surface area contributed by atoms with Crippen molar-refractivity contribution in [3.63, 3.8) is 0 Å². The highest BCUT2D eigenvalue weighted by Gasteiger charge is 1.89. The van der Waals surface area contributed by atoms with Gasteiger partial charge in [0.05, 0.1) is 0 Å². The van der Waals surface area contributed by atoms with E-state index in [2.05, 4.69) is 4.98 Å². The van der Waals surface area contributed by atoms with E-state index in [1.54, 1.807) is 19.0 Å². The van der Waals surface area contributed by atoms with E-state index in [1.165, 1.54) is 0 Å². The van der Waals surface area contributed by atoms with Gasteiger partial charge in [-0.05, 0) is 13.0 Å². The maximum atomic E-state index is 5.05. The predicted octanol–water partition coefficient (Wildman–Crippen LogP) is 1.63. The van der Waals surface area contributed by atoms with E-state index in [4.69, 9.17) is 4.74 Å². The molecule has 0 aromatic carbocycles. The highest BCUT2D eigenvalue weighted by atomic mass is 16.5. The molecule has 1 radical (unpaired) electrons. The Bertz CT molecular complexity index is 174. The topological polar surface area (TPSA) is 22.1 Å². The second kappa shape index (κ2) is 4.01. The molecule has 0 unspecified atom stereocenters. The Hall–Kier alpha value is -0.890. The predicted molar refractivity (Wildman–Crippen MR) is 39.3 cm³/mol. The Kier molecular flexibility index (Phi) is 2.90. The van der Waals surface area contributed by atoms with E-state index < -0.39 is 0 Å². The molecule has 2 heteroatoms. The van der Waals surface area contributed by atoms with Crippen LogP contribution >= 0.6 is 0 Å². The Balaban J connectivity index is 2.43. The van der Waals surface area contributed by atoms with E-state index in [1.807, 2.05) is 19.1 Å². The molecule has 0 bridgehead atoms. The first kappa shape index (κ1) is 7.22. The molecule has 1 heterocycles. The molecule has 1 aromatic heterocycles. The van der Waals surface area contributed by atoms with Crippen LogP contribution in [0.1, 0.15) is 12.5 Å². The number of hydrogen-bond donors (Lipinski definition) is 0. The SMILES string of the molecule is CCO[CH]c1cccnc1. The monoisotopic (exact) mass is 136 g/mol. The minimum Gasteiger partial charge on any atom is -0.371 e. The lowest BCUT2D eigenvalue weighted by Crippen LogP contribution is -1.88. The van der Waals surface area contributed by atoms with Gasteiger partial charge in [0.15, 0.2) is 0 Å². The summed E-state index contributed by atoms with van der Waals surface area (Å²) in [4.78, 5) is 3.93. The Morgan fingerprint density at radius 2 is 2.60 bits per heavy atom. The smallest absolute Gasteiger partial charge is 0.114 e. The van der Waals surface area contributed by atoms with Gasteiger partial charge in [-0.2, -0.15) is 0 Å². The first-order chi connectivity index (χ1) is 4.93. The zero-order valence-electron chi connectivity index (χ0n) is 5.95. The number of aromatic nitrogens is 1. The molecule has 0 atom stereocenters. The molecule has 1 aromatic rings. The summed E-state index contributed by atoms with van der Waals surface area (Å²) in [5.74, 6) is 0. The number of hydrogen-bond acceptors (Lipinski definition) is 2. The summed E-state index contributed by atoms with van der Waals surface area (Å²) in [6.45, 7) is 4.36. The van der Waals surface area contributed by atoms with Crippen molar-refractivity contribution in [2.24, 2.45) is 0 Å². The average molecular weight is 136 g/mol. The Labute approximate surface area is 60.9 Å². The Morgan fingerprint density at radius 1 is 1.70 bits per heavy atom. The quantitative estimate of drug-likeness (QED) is 0.630. The molecule has 0 amide bonds. The van der Waals surface area contributed by atoms with E-state index >= 15 is 0 Å². The van der Waals surface area contributed by atoms with Crippen LogP contribution in [0.5, 0.6) is 0 Å². The summed E-state index contributed by atoms with van der Waals surface area (Å²) in [6, 6.07) is 3.83. The molecule has 10 heavy (non-hydrogen) atoms. The lowest BCUT2D eigenvalue weighted by Gasteiger charge is -1.97. The van der Waals surface area contributed by atoms with Crippen molar-refractivity contribution in [2.45, 2.75) is 6.92 Å². The van der Waals surface area contributed by atoms with E-state index in [-0.39, 0.29) is 0 Å². The van der Waals surface area contributed by atoms with E-state index in [9.17, 15) is 0 Å². The van der Waals surface area contributed by atoms with Crippen molar-refractivity contribution in [3.05, 3.63) is 36.7 Å². The first-order valence-corrected chi connectivity index (χ1v) is 3.28. The summed E-state index contributed by atoms with van der Waals surface area (Å²) < 4.78 is 5.05. The van der Waals surface area contributed by atoms with Crippen molar-refractivity contribution in [1.29, 1.82) is 0 Å². The first-order valence-electron chi connectivity index (χ1n) is 3.28. The molecule has 0 N–H and O–H groups in total. The molecule has 0 aliphatic rings. The third-order valence-corrected chi connectivity index (χ3v) is 1.07. The summed E-state index contributed by atoms with van der Waals surface area (Å²) >= 11 is 0. The van der Waals surface area contributed by atoms with Crippen LogP contribution in [0.4, 0.5) is 0 Å². The van der Waals surface area contributed by atoms with Gasteiger partial charge in [-0.3, -0.25) is 4.98 Å². The summed E-state index contributed by atoms with van der Waals surface area (Å²) in [6.07, 6.45) is 3.50. The third-order valence-electron chi connectivity index (χ3n) is 1.07. The normalized spacial score (nSPS) is 9.70. The number of nitrogens with zero attached hydrogens (tertiary/aromatic N) is 1. The molecule has 53 valence electrons. The van der Waals surface area contributed by atoms with Gasteiger partial charge in [0.25, 0.3) is 0 Å². The maximum Gasteiger partial charge on any atom is 0.114 e. The van der Waals surface area contributed by atoms with Crippen LogP contribution in [0.2, 0.25) is 0 Å². The molecule has 0 aliphatic heterocycles. The van der Waals surface area contributed by atoms with Crippen molar-refractivity contribution in [1.82, 2.24) is 4.98 Å². The second-order valence-electron chi connectivity index (χ2n) is 1.86. The third kappa shape index (κ3) is 2.15. The van der Waals surface area contributed by atoms with Gasteiger partial charge >= 0.3 is 0 Å². The molecule has 1 rings (SSSR count). The van der Waals surface area contributed by atoms with Crippen molar-refractivity contribution < 1.29 is 4.74 Å². The van der Waals surface area contributed by atoms with Gasteiger partial charge in [0.2, 0.25) is 0 Å². The molecule has 0 spiro atoms. The largest absolute Gasteiger partial charge is 0.371 e. The van der Waals surface area contributed by atoms with Gasteiger partial charge in [-0.1, -0.05) is 6.07 Å². The molecule has 2 nitrogen and oxygen atoms in total. The lowest BCUT2D eigenvalue weighted by atomic mass is 10.3. The van der Waals surface area contributed by atoms with Crippen molar-refractivity contribution in [3.8, 4) is 0 Å². The summed E-state index contributed by atoms with van der Waals surface area (Å²) in [7, 11) is 0. The van der Waals surface area contributed by atoms with E-state index in [0.29, 0.717) is 6.61 Å². The van der Waals surface area contributed by atoms with E-state index in [0.717, 1.165) is 5.56 Å². The average Bonchev–Trinajstić information content (AvgIpc) is 2.03. The zero-order chi connectivity index (χ0) is 7.23. The molecular weight excluding hydrogens is 126 g/mol.